The van der Waals surface area contributed by atoms with Crippen LogP contribution in [-0.2, 0) is 17.6 Å². The number of hydrogen-bond acceptors (Lipinski definition) is 3. The minimum absolute atomic E-state index is 0.225. The Kier molecular flexibility index (Phi) is 3.47. The number of methoxy groups -OCH3 is 1. The molecule has 2 heterocycles. The molecule has 0 aromatic carbocycles. The SMILES string of the molecule is COCCc1nc(C(=O)O)c2n1C(C)CCC2. The van der Waals surface area contributed by atoms with Crippen LogP contribution in [0.5, 0.6) is 0 Å². The Morgan fingerprint density at radius 3 is 3.06 bits per heavy atom. The molecule has 0 saturated carbocycles. The lowest BCUT2D eigenvalue weighted by Crippen LogP contribution is -2.19. The summed E-state index contributed by atoms with van der Waals surface area (Å²) in [5.41, 5.74) is 1.10. The van der Waals surface area contributed by atoms with E-state index in [2.05, 4.69) is 16.5 Å². The number of carbonyl (C=O) groups is 1. The summed E-state index contributed by atoms with van der Waals surface area (Å²) < 4.78 is 7.13. The maximum atomic E-state index is 11.2. The number of ether oxygens (including phenoxy) is 1. The van der Waals surface area contributed by atoms with Crippen LogP contribution in [0.25, 0.3) is 0 Å². The lowest BCUT2D eigenvalue weighted by Gasteiger charge is -2.24. The van der Waals surface area contributed by atoms with Crippen molar-refractivity contribution in [3.05, 3.63) is 17.2 Å². The van der Waals surface area contributed by atoms with E-state index < -0.39 is 5.97 Å². The molecule has 1 atom stereocenters. The van der Waals surface area contributed by atoms with Gasteiger partial charge in [0.05, 0.1) is 12.3 Å². The van der Waals surface area contributed by atoms with Crippen molar-refractivity contribution in [2.75, 3.05) is 13.7 Å². The summed E-state index contributed by atoms with van der Waals surface area (Å²) >= 11 is 0. The van der Waals surface area contributed by atoms with Crippen molar-refractivity contribution in [1.29, 1.82) is 0 Å². The van der Waals surface area contributed by atoms with Gasteiger partial charge >= 0.3 is 5.97 Å². The molecule has 1 aromatic rings. The highest BCUT2D eigenvalue weighted by Crippen LogP contribution is 2.28. The molecule has 0 fully saturated rings. The standard InChI is InChI=1S/C12H18N2O3/c1-8-4-3-5-9-11(12(15)16)13-10(14(8)9)6-7-17-2/h8H,3-7H2,1-2H3,(H,15,16). The first-order chi connectivity index (χ1) is 8.15. The van der Waals surface area contributed by atoms with Gasteiger partial charge in [0, 0.05) is 19.6 Å². The molecule has 5 heteroatoms. The number of carboxylic acid groups (broad SMARTS) is 1. The van der Waals surface area contributed by atoms with E-state index in [9.17, 15) is 4.79 Å². The fourth-order valence-electron chi connectivity index (χ4n) is 2.51. The fourth-order valence-corrected chi connectivity index (χ4v) is 2.51. The van der Waals surface area contributed by atoms with Crippen LogP contribution in [-0.4, -0.2) is 34.3 Å². The first-order valence-electron chi connectivity index (χ1n) is 5.97. The molecule has 1 aliphatic heterocycles. The molecule has 0 aliphatic carbocycles. The first kappa shape index (κ1) is 12.1. The van der Waals surface area contributed by atoms with Crippen molar-refractivity contribution in [2.45, 2.75) is 38.6 Å². The summed E-state index contributed by atoms with van der Waals surface area (Å²) in [5, 5.41) is 9.16. The molecule has 0 radical (unpaired) electrons. The molecule has 1 aliphatic rings. The van der Waals surface area contributed by atoms with Gasteiger partial charge in [-0.2, -0.15) is 0 Å². The van der Waals surface area contributed by atoms with Crippen LogP contribution in [0.1, 0.15) is 47.8 Å². The quantitative estimate of drug-likeness (QED) is 0.866. The number of fused-ring (bicyclic) bond motifs is 1. The number of rotatable bonds is 4. The van der Waals surface area contributed by atoms with Gasteiger partial charge in [0.25, 0.3) is 0 Å². The minimum Gasteiger partial charge on any atom is -0.476 e. The van der Waals surface area contributed by atoms with Crippen molar-refractivity contribution in [1.82, 2.24) is 9.55 Å². The first-order valence-corrected chi connectivity index (χ1v) is 5.97. The molecule has 5 nitrogen and oxygen atoms in total. The van der Waals surface area contributed by atoms with Crippen molar-refractivity contribution in [3.8, 4) is 0 Å². The van der Waals surface area contributed by atoms with Crippen LogP contribution in [0, 0.1) is 0 Å². The van der Waals surface area contributed by atoms with Crippen LogP contribution >= 0.6 is 0 Å². The van der Waals surface area contributed by atoms with Crippen LogP contribution < -0.4 is 0 Å². The highest BCUT2D eigenvalue weighted by Gasteiger charge is 2.26. The highest BCUT2D eigenvalue weighted by molar-refractivity contribution is 5.87. The van der Waals surface area contributed by atoms with E-state index in [0.717, 1.165) is 30.8 Å². The van der Waals surface area contributed by atoms with Crippen molar-refractivity contribution in [2.24, 2.45) is 0 Å². The van der Waals surface area contributed by atoms with Crippen LogP contribution in [0.15, 0.2) is 0 Å². The van der Waals surface area contributed by atoms with Gasteiger partial charge in [0.2, 0.25) is 0 Å². The topological polar surface area (TPSA) is 64.3 Å². The fraction of sp³-hybridized carbons (Fsp3) is 0.667. The van der Waals surface area contributed by atoms with Crippen LogP contribution in [0.3, 0.4) is 0 Å². The van der Waals surface area contributed by atoms with Gasteiger partial charge in [-0.3, -0.25) is 0 Å². The molecule has 2 rings (SSSR count). The molecule has 0 amide bonds. The van der Waals surface area contributed by atoms with Gasteiger partial charge in [0.1, 0.15) is 5.82 Å². The summed E-state index contributed by atoms with van der Waals surface area (Å²) in [4.78, 5) is 15.4. The van der Waals surface area contributed by atoms with Crippen molar-refractivity contribution in [3.63, 3.8) is 0 Å². The molecule has 1 N–H and O–H groups in total. The Bertz CT molecular complexity index is 426. The summed E-state index contributed by atoms with van der Waals surface area (Å²) in [7, 11) is 1.64. The summed E-state index contributed by atoms with van der Waals surface area (Å²) in [6.07, 6.45) is 3.60. The highest BCUT2D eigenvalue weighted by atomic mass is 16.5. The van der Waals surface area contributed by atoms with E-state index in [1.54, 1.807) is 7.11 Å². The molecule has 94 valence electrons. The zero-order valence-corrected chi connectivity index (χ0v) is 10.3. The van der Waals surface area contributed by atoms with Gasteiger partial charge in [-0.05, 0) is 26.2 Å². The Morgan fingerprint density at radius 2 is 2.41 bits per heavy atom. The second-order valence-corrected chi connectivity index (χ2v) is 4.48. The van der Waals surface area contributed by atoms with Crippen LogP contribution in [0.2, 0.25) is 0 Å². The summed E-state index contributed by atoms with van der Waals surface area (Å²) in [6, 6.07) is 0.339. The zero-order chi connectivity index (χ0) is 12.4. The smallest absolute Gasteiger partial charge is 0.356 e. The maximum absolute atomic E-state index is 11.2. The summed E-state index contributed by atoms with van der Waals surface area (Å²) in [6.45, 7) is 2.69. The lowest BCUT2D eigenvalue weighted by atomic mass is 10.0. The summed E-state index contributed by atoms with van der Waals surface area (Å²) in [5.74, 6) is -0.0852. The number of imidazole rings is 1. The molecule has 17 heavy (non-hydrogen) atoms. The predicted molar refractivity (Wildman–Crippen MR) is 62.4 cm³/mol. The second-order valence-electron chi connectivity index (χ2n) is 4.48. The molecule has 0 spiro atoms. The van der Waals surface area contributed by atoms with Crippen molar-refractivity contribution >= 4 is 5.97 Å². The van der Waals surface area contributed by atoms with Gasteiger partial charge in [-0.25, -0.2) is 9.78 Å². The number of nitrogens with zero attached hydrogens (tertiary/aromatic N) is 2. The lowest BCUT2D eigenvalue weighted by molar-refractivity contribution is 0.0689. The van der Waals surface area contributed by atoms with E-state index in [1.165, 1.54) is 0 Å². The largest absolute Gasteiger partial charge is 0.476 e. The van der Waals surface area contributed by atoms with Gasteiger partial charge in [-0.1, -0.05) is 0 Å². The van der Waals surface area contributed by atoms with E-state index >= 15 is 0 Å². The third-order valence-electron chi connectivity index (χ3n) is 3.29. The molecular weight excluding hydrogens is 220 g/mol. The molecule has 0 bridgehead atoms. The Labute approximate surface area is 100 Å². The van der Waals surface area contributed by atoms with E-state index in [-0.39, 0.29) is 5.69 Å². The van der Waals surface area contributed by atoms with E-state index in [0.29, 0.717) is 19.1 Å². The average Bonchev–Trinajstić information content (AvgIpc) is 2.67. The Hall–Kier alpha value is -1.36. The zero-order valence-electron chi connectivity index (χ0n) is 10.3. The minimum atomic E-state index is -0.925. The number of carboxylic acids is 1. The number of aromatic nitrogens is 2. The second kappa shape index (κ2) is 4.87. The van der Waals surface area contributed by atoms with E-state index in [1.807, 2.05) is 0 Å². The Balaban J connectivity index is 2.41. The van der Waals surface area contributed by atoms with Gasteiger partial charge in [0.15, 0.2) is 5.69 Å². The number of aromatic carboxylic acids is 1. The molecular formula is C12H18N2O3. The molecule has 0 saturated heterocycles. The number of hydrogen-bond donors (Lipinski definition) is 1. The van der Waals surface area contributed by atoms with E-state index in [4.69, 9.17) is 9.84 Å². The predicted octanol–water partition coefficient (Wildman–Crippen LogP) is 1.67. The van der Waals surface area contributed by atoms with Crippen molar-refractivity contribution < 1.29 is 14.6 Å². The normalized spacial score (nSPS) is 19.1. The van der Waals surface area contributed by atoms with Gasteiger partial charge < -0.3 is 14.4 Å². The molecule has 1 unspecified atom stereocenters. The average molecular weight is 238 g/mol. The maximum Gasteiger partial charge on any atom is 0.356 e. The van der Waals surface area contributed by atoms with Crippen LogP contribution in [0.4, 0.5) is 0 Å². The Morgan fingerprint density at radius 1 is 1.65 bits per heavy atom. The van der Waals surface area contributed by atoms with Gasteiger partial charge in [-0.15, -0.1) is 0 Å². The molecule has 1 aromatic heterocycles. The third kappa shape index (κ3) is 2.20. The monoisotopic (exact) mass is 238 g/mol. The third-order valence-corrected chi connectivity index (χ3v) is 3.29.